The standard InChI is InChI=1S/C39H25N5.C34H22N4.C29H19N3.C13H4/c1-5-20-34-26(12-1)27-13-2-6-21-35(27)43(34)38-24-10-18-32(41-38)30-16-9-17-31(40-30)33-19-11-25-39(42-33)44-36-22-7-3-14-28(36)29-15-4-8-23-37(29)44;1-5-17-29-23(11-1)24-12-2-6-18-30(24)37(29)33-21-9-15-27(35-33)28-16-10-22-34(36-28)38-31-19-7-3-13-25(31)26-14-4-8-20-32(26)38;1-5-14-24-20(10-1)21-11-2-6-15-25(21)31(24)28-18-9-19-29(30-28)32-26-16-7-3-12-22(26)23-13-4-8-17-27(23)32;1-3-5-7-9-11-13-12-10-8-6-4-2/h1-25H;1-22H;1-19H;1H,2H3. The molecule has 0 aliphatic carbocycles. The van der Waals surface area contributed by atoms with Crippen LogP contribution in [0.3, 0.4) is 0 Å². The maximum absolute atomic E-state index is 5.18. The Hall–Kier alpha value is -18.3. The number of hydrogen-bond acceptors (Lipinski definition) is 6. The van der Waals surface area contributed by atoms with Crippen LogP contribution in [-0.2, 0) is 0 Å². The molecule has 24 aromatic rings. The molecule has 0 radical (unpaired) electrons. The molecule has 0 bridgehead atoms. The number of fused-ring (bicyclic) bond motifs is 18. The van der Waals surface area contributed by atoms with Crippen LogP contribution >= 0.6 is 0 Å². The Balaban J connectivity index is 0.000000109. The first kappa shape index (κ1) is 76.1. The lowest BCUT2D eigenvalue weighted by Crippen LogP contribution is -2.02. The van der Waals surface area contributed by atoms with Gasteiger partial charge in [-0.05, 0) is 212 Å². The summed E-state index contributed by atoms with van der Waals surface area (Å²) in [7, 11) is 0. The van der Waals surface area contributed by atoms with Crippen LogP contribution in [0.5, 0.6) is 0 Å². The third kappa shape index (κ3) is 14.1. The van der Waals surface area contributed by atoms with Crippen molar-refractivity contribution in [2.45, 2.75) is 6.92 Å². The minimum Gasteiger partial charge on any atom is -0.294 e. The van der Waals surface area contributed by atoms with Crippen molar-refractivity contribution in [1.82, 2.24) is 57.3 Å². The average molecular weight is 1620 g/mol. The van der Waals surface area contributed by atoms with Crippen molar-refractivity contribution < 1.29 is 0 Å². The van der Waals surface area contributed by atoms with Crippen LogP contribution in [0.1, 0.15) is 6.92 Å². The Morgan fingerprint density at radius 1 is 0.157 bits per heavy atom. The molecule has 0 N–H and O–H groups in total. The van der Waals surface area contributed by atoms with Gasteiger partial charge in [-0.2, -0.15) is 0 Å². The van der Waals surface area contributed by atoms with Crippen molar-refractivity contribution in [2.24, 2.45) is 0 Å². The van der Waals surface area contributed by atoms with E-state index in [2.05, 4.69) is 450 Å². The maximum Gasteiger partial charge on any atom is 0.140 e. The predicted molar refractivity (Wildman–Crippen MR) is 522 cm³/mol. The highest BCUT2D eigenvalue weighted by Crippen LogP contribution is 2.40. The van der Waals surface area contributed by atoms with E-state index in [0.717, 1.165) is 113 Å². The molecule has 24 rings (SSSR count). The summed E-state index contributed by atoms with van der Waals surface area (Å²) in [6.45, 7) is 1.71. The molecule has 12 nitrogen and oxygen atoms in total. The van der Waals surface area contributed by atoms with Gasteiger partial charge in [0.05, 0.1) is 100 Å². The number of terminal acetylenes is 1. The summed E-state index contributed by atoms with van der Waals surface area (Å²) in [4.78, 5) is 30.7. The molecule has 0 fully saturated rings. The molecule has 12 aromatic carbocycles. The van der Waals surface area contributed by atoms with E-state index in [9.17, 15) is 0 Å². The van der Waals surface area contributed by atoms with Gasteiger partial charge in [-0.25, -0.2) is 29.9 Å². The summed E-state index contributed by atoms with van der Waals surface area (Å²) in [6.07, 6.45) is 4.86. The van der Waals surface area contributed by atoms with Crippen molar-refractivity contribution in [3.63, 3.8) is 0 Å². The summed E-state index contributed by atoms with van der Waals surface area (Å²) in [5.74, 6) is 32.2. The fourth-order valence-corrected chi connectivity index (χ4v) is 17.5. The van der Waals surface area contributed by atoms with Gasteiger partial charge in [0, 0.05) is 64.6 Å². The van der Waals surface area contributed by atoms with Crippen molar-refractivity contribution in [1.29, 1.82) is 0 Å². The lowest BCUT2D eigenvalue weighted by atomic mass is 10.2. The van der Waals surface area contributed by atoms with Crippen molar-refractivity contribution in [3.8, 4) is 141 Å². The fraction of sp³-hybridized carbons (Fsp3) is 0.00870. The number of benzene rings is 12. The van der Waals surface area contributed by atoms with Crippen LogP contribution in [-0.4, -0.2) is 57.3 Å². The highest BCUT2D eigenvalue weighted by Gasteiger charge is 2.22. The number of rotatable bonds is 9. The number of hydrogen-bond donors (Lipinski definition) is 0. The van der Waals surface area contributed by atoms with E-state index in [1.807, 2.05) is 42.5 Å². The second-order valence-corrected chi connectivity index (χ2v) is 30.0. The molecule has 0 saturated carbocycles. The molecule has 12 aromatic heterocycles. The lowest BCUT2D eigenvalue weighted by Gasteiger charge is -2.11. The van der Waals surface area contributed by atoms with Gasteiger partial charge in [-0.1, -0.05) is 261 Å². The van der Waals surface area contributed by atoms with Gasteiger partial charge in [0.2, 0.25) is 0 Å². The highest BCUT2D eigenvalue weighted by molar-refractivity contribution is 6.14. The zero-order valence-corrected chi connectivity index (χ0v) is 68.5. The van der Waals surface area contributed by atoms with Crippen LogP contribution in [0, 0.1) is 71.5 Å². The molecule has 0 aliphatic heterocycles. The monoisotopic (exact) mass is 1620 g/mol. The molecule has 0 amide bonds. The normalized spacial score (nSPS) is 10.9. The first-order valence-corrected chi connectivity index (χ1v) is 41.6. The SMILES string of the molecule is C#CC#CC#CC#CC#CC#CC.c1cc(-c2cccc(-n3c4ccccc4c4ccccc43)n2)nc(-c2cccc(-n3c4ccccc4c4ccccc43)n2)c1.c1cc(-c2cccc(-n3c4ccccc4c4ccccc43)n2)nc(-n2c3ccccc3c3ccccc32)c1.c1cc(-n2c3ccccc3c3ccccc32)nc(-n2c3ccccc3c3ccccc32)c1. The number of nitrogens with zero attached hydrogens (tertiary/aromatic N) is 12. The van der Waals surface area contributed by atoms with E-state index in [1.54, 1.807) is 6.92 Å². The third-order valence-electron chi connectivity index (χ3n) is 22.7. The molecule has 0 atom stereocenters. The Bertz CT molecular complexity index is 8120. The molecule has 12 heterocycles. The van der Waals surface area contributed by atoms with Crippen molar-refractivity contribution in [2.75, 3.05) is 0 Å². The summed E-state index contributed by atoms with van der Waals surface area (Å²) in [5.41, 5.74) is 18.7. The molecule has 590 valence electrons. The van der Waals surface area contributed by atoms with Gasteiger partial charge in [0.15, 0.2) is 0 Å². The minimum atomic E-state index is 0.800. The van der Waals surface area contributed by atoms with E-state index in [1.165, 1.54) is 86.7 Å². The minimum absolute atomic E-state index is 0.800. The Morgan fingerprint density at radius 3 is 0.496 bits per heavy atom. The smallest absolute Gasteiger partial charge is 0.140 e. The summed E-state index contributed by atoms with van der Waals surface area (Å²) in [6, 6.07) is 139. The van der Waals surface area contributed by atoms with Crippen LogP contribution in [0.15, 0.2) is 400 Å². The predicted octanol–water partition coefficient (Wildman–Crippen LogP) is 25.7. The lowest BCUT2D eigenvalue weighted by molar-refractivity contribution is 1.01. The van der Waals surface area contributed by atoms with Gasteiger partial charge in [-0.3, -0.25) is 27.4 Å². The Labute approximate surface area is 731 Å². The second-order valence-electron chi connectivity index (χ2n) is 30.0. The second kappa shape index (κ2) is 33.7. The molecule has 0 aliphatic rings. The molecule has 127 heavy (non-hydrogen) atoms. The van der Waals surface area contributed by atoms with Gasteiger partial charge in [0.1, 0.15) is 34.9 Å². The summed E-state index contributed by atoms with van der Waals surface area (Å²) < 4.78 is 13.5. The van der Waals surface area contributed by atoms with Crippen LogP contribution in [0.4, 0.5) is 0 Å². The molecular formula is C115H70N12. The first-order valence-electron chi connectivity index (χ1n) is 41.6. The average Bonchev–Trinajstić information content (AvgIpc) is 1.58. The van der Waals surface area contributed by atoms with E-state index in [0.29, 0.717) is 0 Å². The molecule has 0 spiro atoms. The van der Waals surface area contributed by atoms with E-state index in [4.69, 9.17) is 36.3 Å². The largest absolute Gasteiger partial charge is 0.294 e. The van der Waals surface area contributed by atoms with Gasteiger partial charge < -0.3 is 0 Å². The molecule has 0 unspecified atom stereocenters. The number of para-hydroxylation sites is 12. The van der Waals surface area contributed by atoms with E-state index >= 15 is 0 Å². The zero-order chi connectivity index (χ0) is 84.9. The zero-order valence-electron chi connectivity index (χ0n) is 68.5. The van der Waals surface area contributed by atoms with Crippen LogP contribution in [0.2, 0.25) is 0 Å². The summed E-state index contributed by atoms with van der Waals surface area (Å²) >= 11 is 0. The van der Waals surface area contributed by atoms with E-state index < -0.39 is 0 Å². The van der Waals surface area contributed by atoms with Gasteiger partial charge in [0.25, 0.3) is 0 Å². The fourth-order valence-electron chi connectivity index (χ4n) is 17.5. The van der Waals surface area contributed by atoms with Crippen LogP contribution in [0.25, 0.3) is 200 Å². The summed E-state index contributed by atoms with van der Waals surface area (Å²) in [5, 5.41) is 14.7. The number of aromatic nitrogens is 12. The van der Waals surface area contributed by atoms with Crippen molar-refractivity contribution >= 4 is 131 Å². The highest BCUT2D eigenvalue weighted by atomic mass is 15.1. The quantitative estimate of drug-likeness (QED) is 0.133. The first-order chi connectivity index (χ1) is 63.0. The molecule has 12 heteroatoms. The van der Waals surface area contributed by atoms with Crippen molar-refractivity contribution in [3.05, 3.63) is 400 Å². The number of pyridine rings is 6. The van der Waals surface area contributed by atoms with Crippen LogP contribution < -0.4 is 0 Å². The Morgan fingerprint density at radius 2 is 0.307 bits per heavy atom. The topological polar surface area (TPSA) is 107 Å². The van der Waals surface area contributed by atoms with Gasteiger partial charge >= 0.3 is 0 Å². The molecular weight excluding hydrogens is 1550 g/mol. The molecule has 0 saturated heterocycles. The third-order valence-corrected chi connectivity index (χ3v) is 22.7. The maximum atomic E-state index is 5.18. The van der Waals surface area contributed by atoms with Gasteiger partial charge in [-0.15, -0.1) is 6.42 Å². The van der Waals surface area contributed by atoms with E-state index in [-0.39, 0.29) is 0 Å². The Kier molecular flexibility index (Phi) is 20.2.